The molecule has 0 radical (unpaired) electrons. The van der Waals surface area contributed by atoms with Gasteiger partial charge in [-0.15, -0.1) is 0 Å². The first-order valence-corrected chi connectivity index (χ1v) is 9.86. The van der Waals surface area contributed by atoms with Crippen molar-refractivity contribution in [2.45, 2.75) is 65.5 Å². The van der Waals surface area contributed by atoms with Gasteiger partial charge in [0.2, 0.25) is 0 Å². The van der Waals surface area contributed by atoms with Crippen molar-refractivity contribution in [1.29, 1.82) is 0 Å². The Hall–Kier alpha value is -1.93. The topological polar surface area (TPSA) is 0 Å². The van der Waals surface area contributed by atoms with Crippen LogP contribution in [0.25, 0.3) is 11.6 Å². The molecular weight excluding hydrogens is 447 g/mol. The minimum Gasteiger partial charge on any atom is -0.198 e. The quantitative estimate of drug-likeness (QED) is 0.389. The van der Waals surface area contributed by atoms with Crippen molar-refractivity contribution in [2.24, 2.45) is 16.2 Å². The van der Waals surface area contributed by atoms with Crippen molar-refractivity contribution in [3.63, 3.8) is 0 Å². The van der Waals surface area contributed by atoms with Gasteiger partial charge in [0.1, 0.15) is 0 Å². The summed E-state index contributed by atoms with van der Waals surface area (Å²) in [6.07, 6.45) is -5.68. The summed E-state index contributed by atoms with van der Waals surface area (Å²) in [6, 6.07) is 6.31. The van der Waals surface area contributed by atoms with E-state index in [1.165, 1.54) is 26.8 Å². The fraction of sp³-hybridized carbons (Fsp3) is 0.565. The molecule has 1 atom stereocenters. The summed E-state index contributed by atoms with van der Waals surface area (Å²) in [7, 11) is 0. The van der Waals surface area contributed by atoms with Gasteiger partial charge in [0.25, 0.3) is 0 Å². The molecule has 9 heteroatoms. The van der Waals surface area contributed by atoms with Crippen LogP contribution in [0.3, 0.4) is 0 Å². The smallest absolute Gasteiger partial charge is 0.198 e. The zero-order chi connectivity index (χ0) is 24.9. The molecule has 0 heterocycles. The van der Waals surface area contributed by atoms with Crippen LogP contribution in [0.1, 0.15) is 52.7 Å². The van der Waals surface area contributed by atoms with Crippen LogP contribution in [0.4, 0.5) is 39.5 Å². The minimum atomic E-state index is -6.95. The highest BCUT2D eigenvalue weighted by Gasteiger charge is 2.89. The van der Waals surface area contributed by atoms with E-state index in [-0.39, 0.29) is 16.7 Å². The van der Waals surface area contributed by atoms with Crippen molar-refractivity contribution < 1.29 is 39.5 Å². The maximum Gasteiger partial charge on any atom is 0.460 e. The van der Waals surface area contributed by atoms with Crippen LogP contribution in [0.15, 0.2) is 35.4 Å². The highest BCUT2D eigenvalue weighted by atomic mass is 19.4. The lowest BCUT2D eigenvalue weighted by Crippen LogP contribution is -2.71. The van der Waals surface area contributed by atoms with Crippen LogP contribution in [-0.2, 0) is 0 Å². The summed E-state index contributed by atoms with van der Waals surface area (Å²) in [5.41, 5.74) is -5.72. The van der Waals surface area contributed by atoms with Crippen molar-refractivity contribution in [1.82, 2.24) is 0 Å². The Morgan fingerprint density at radius 2 is 1.19 bits per heavy atom. The zero-order valence-corrected chi connectivity index (χ0v) is 18.3. The number of fused-ring (bicyclic) bond motifs is 3. The molecule has 1 unspecified atom stereocenters. The predicted molar refractivity (Wildman–Crippen MR) is 104 cm³/mol. The Kier molecular flexibility index (Phi) is 4.90. The fourth-order valence-electron chi connectivity index (χ4n) is 5.17. The molecule has 0 nitrogen and oxygen atoms in total. The summed E-state index contributed by atoms with van der Waals surface area (Å²) in [5, 5.41) is 0. The van der Waals surface area contributed by atoms with Crippen LogP contribution in [0, 0.1) is 16.2 Å². The normalized spacial score (nSPS) is 22.4. The summed E-state index contributed by atoms with van der Waals surface area (Å²) >= 11 is 0. The van der Waals surface area contributed by atoms with Gasteiger partial charge in [0.15, 0.2) is 0 Å². The third-order valence-electron chi connectivity index (χ3n) is 6.32. The highest BCUT2D eigenvalue weighted by molar-refractivity contribution is 6.05. The molecule has 32 heavy (non-hydrogen) atoms. The van der Waals surface area contributed by atoms with Crippen molar-refractivity contribution in [3.05, 3.63) is 46.5 Å². The number of hydrogen-bond donors (Lipinski definition) is 0. The van der Waals surface area contributed by atoms with Crippen molar-refractivity contribution >= 4 is 11.6 Å². The number of allylic oxidation sites excluding steroid dienone is 3. The molecule has 0 saturated heterocycles. The van der Waals surface area contributed by atoms with E-state index >= 15 is 8.78 Å². The Balaban J connectivity index is 2.45. The van der Waals surface area contributed by atoms with Crippen LogP contribution >= 0.6 is 0 Å². The van der Waals surface area contributed by atoms with Gasteiger partial charge in [-0.1, -0.05) is 65.8 Å². The monoisotopic (exact) mass is 470 g/mol. The minimum absolute atomic E-state index is 0.203. The van der Waals surface area contributed by atoms with Crippen LogP contribution in [-0.4, -0.2) is 23.9 Å². The average molecular weight is 470 g/mol. The van der Waals surface area contributed by atoms with Gasteiger partial charge in [0.05, 0.1) is 5.41 Å². The van der Waals surface area contributed by atoms with Gasteiger partial charge >= 0.3 is 23.9 Å². The molecule has 0 spiro atoms. The third-order valence-corrected chi connectivity index (χ3v) is 6.32. The first-order valence-electron chi connectivity index (χ1n) is 9.86. The number of halogens is 9. The Morgan fingerprint density at radius 1 is 0.688 bits per heavy atom. The number of rotatable bonds is 3. The molecule has 3 rings (SSSR count). The maximum absolute atomic E-state index is 15.9. The molecule has 0 saturated carbocycles. The maximum atomic E-state index is 15.9. The Morgan fingerprint density at radius 3 is 1.62 bits per heavy atom. The van der Waals surface area contributed by atoms with E-state index in [1.807, 2.05) is 0 Å². The molecule has 0 bridgehead atoms. The van der Waals surface area contributed by atoms with Crippen LogP contribution in [0.5, 0.6) is 0 Å². The lowest BCUT2D eigenvalue weighted by atomic mass is 9.42. The molecule has 1 aromatic carbocycles. The molecule has 0 fully saturated rings. The molecule has 1 aromatic rings. The van der Waals surface area contributed by atoms with Gasteiger partial charge in [-0.05, 0) is 44.8 Å². The third kappa shape index (κ3) is 2.65. The molecule has 0 aromatic heterocycles. The van der Waals surface area contributed by atoms with Gasteiger partial charge < -0.3 is 0 Å². The van der Waals surface area contributed by atoms with E-state index in [0.29, 0.717) is 11.1 Å². The van der Waals surface area contributed by atoms with Gasteiger partial charge in [-0.2, -0.15) is 39.5 Å². The van der Waals surface area contributed by atoms with Gasteiger partial charge in [0, 0.05) is 0 Å². The van der Waals surface area contributed by atoms with E-state index < -0.39 is 40.2 Å². The van der Waals surface area contributed by atoms with Crippen LogP contribution < -0.4 is 0 Å². The van der Waals surface area contributed by atoms with Crippen molar-refractivity contribution in [2.75, 3.05) is 0 Å². The highest BCUT2D eigenvalue weighted by Crippen LogP contribution is 2.78. The molecule has 0 amide bonds. The molecule has 178 valence electrons. The SMILES string of the molecule is CC(C)(C)C1=C2C(=Cc3ccccc32)C1(C(C)(C)C)C(F)(F)C(F)(F)C(F)(F)C(F)(F)F. The first-order chi connectivity index (χ1) is 14.1. The molecular formula is C23H23F9. The largest absolute Gasteiger partial charge is 0.460 e. The fourth-order valence-corrected chi connectivity index (χ4v) is 5.17. The lowest BCUT2D eigenvalue weighted by molar-refractivity contribution is -0.412. The van der Waals surface area contributed by atoms with Gasteiger partial charge in [-0.3, -0.25) is 0 Å². The first kappa shape index (κ1) is 24.7. The van der Waals surface area contributed by atoms with Crippen LogP contribution in [0.2, 0.25) is 0 Å². The van der Waals surface area contributed by atoms with E-state index in [1.54, 1.807) is 24.3 Å². The lowest BCUT2D eigenvalue weighted by Gasteiger charge is -2.62. The summed E-state index contributed by atoms with van der Waals surface area (Å²) < 4.78 is 128. The Bertz CT molecular complexity index is 1010. The van der Waals surface area contributed by atoms with E-state index in [2.05, 4.69) is 0 Å². The van der Waals surface area contributed by atoms with Crippen molar-refractivity contribution in [3.8, 4) is 0 Å². The molecule has 2 aliphatic rings. The standard InChI is InChI=1S/C23H23F9/c1-17(2,3)16-15-13-10-8-7-9-12(13)11-14(15)19(16,18(4,5)6)20(24,25)21(26,27)22(28,29)23(30,31)32/h7-11H,1-6H3. The summed E-state index contributed by atoms with van der Waals surface area (Å²) in [6.45, 7) is 7.79. The Labute approximate surface area is 180 Å². The number of alkyl halides is 9. The number of hydrogen-bond acceptors (Lipinski definition) is 0. The van der Waals surface area contributed by atoms with Gasteiger partial charge in [-0.25, -0.2) is 0 Å². The predicted octanol–water partition coefficient (Wildman–Crippen LogP) is 8.40. The second-order valence-electron chi connectivity index (χ2n) is 10.4. The molecule has 2 aliphatic carbocycles. The zero-order valence-electron chi connectivity index (χ0n) is 18.3. The average Bonchev–Trinajstić information content (AvgIpc) is 2.85. The summed E-state index contributed by atoms with van der Waals surface area (Å²) in [4.78, 5) is 0. The second-order valence-corrected chi connectivity index (χ2v) is 10.4. The summed E-state index contributed by atoms with van der Waals surface area (Å²) in [5.74, 6) is -19.5. The number of benzene rings is 1. The molecule has 0 aliphatic heterocycles. The van der Waals surface area contributed by atoms with E-state index in [0.717, 1.165) is 20.8 Å². The van der Waals surface area contributed by atoms with E-state index in [9.17, 15) is 30.7 Å². The second kappa shape index (κ2) is 6.35. The van der Waals surface area contributed by atoms with E-state index in [4.69, 9.17) is 0 Å². The molecule has 0 N–H and O–H groups in total.